The second kappa shape index (κ2) is 7.80. The molecule has 0 N–H and O–H groups in total. The first-order valence-corrected chi connectivity index (χ1v) is 9.89. The highest BCUT2D eigenvalue weighted by Gasteiger charge is 2.48. The number of aryl methyl sites for hydroxylation is 1. The van der Waals surface area contributed by atoms with E-state index in [0.29, 0.717) is 12.1 Å². The Morgan fingerprint density at radius 3 is 2.81 bits per heavy atom. The van der Waals surface area contributed by atoms with E-state index >= 15 is 0 Å². The quantitative estimate of drug-likeness (QED) is 0.785. The van der Waals surface area contributed by atoms with Gasteiger partial charge in [0.05, 0.1) is 5.41 Å². The molecule has 2 aliphatic rings. The van der Waals surface area contributed by atoms with Crippen molar-refractivity contribution < 1.29 is 9.18 Å². The van der Waals surface area contributed by atoms with E-state index in [2.05, 4.69) is 10.00 Å². The summed E-state index contributed by atoms with van der Waals surface area (Å²) in [6, 6.07) is 8.71. The zero-order chi connectivity index (χ0) is 18.7. The van der Waals surface area contributed by atoms with Gasteiger partial charge in [-0.3, -0.25) is 9.48 Å². The van der Waals surface area contributed by atoms with Crippen LogP contribution in [0.1, 0.15) is 31.2 Å². The van der Waals surface area contributed by atoms with Crippen molar-refractivity contribution in [1.82, 2.24) is 19.6 Å². The van der Waals surface area contributed by atoms with Crippen LogP contribution in [0.3, 0.4) is 0 Å². The lowest BCUT2D eigenvalue weighted by molar-refractivity contribution is -0.146. The molecule has 0 unspecified atom stereocenters. The van der Waals surface area contributed by atoms with Gasteiger partial charge < -0.3 is 9.80 Å². The number of hydrogen-bond acceptors (Lipinski definition) is 3. The zero-order valence-corrected chi connectivity index (χ0v) is 15.7. The third-order valence-corrected chi connectivity index (χ3v) is 6.00. The first kappa shape index (κ1) is 18.2. The van der Waals surface area contributed by atoms with Gasteiger partial charge in [0.15, 0.2) is 0 Å². The third-order valence-electron chi connectivity index (χ3n) is 6.00. The van der Waals surface area contributed by atoms with Crippen molar-refractivity contribution in [3.05, 3.63) is 54.1 Å². The van der Waals surface area contributed by atoms with Gasteiger partial charge in [0.2, 0.25) is 5.91 Å². The van der Waals surface area contributed by atoms with Crippen molar-refractivity contribution in [3.63, 3.8) is 0 Å². The Morgan fingerprint density at radius 2 is 2.00 bits per heavy atom. The Bertz CT molecular complexity index is 778. The maximum Gasteiger partial charge on any atom is 0.230 e. The predicted octanol–water partition coefficient (Wildman–Crippen LogP) is 2.93. The molecule has 3 heterocycles. The normalized spacial score (nSPS) is 23.4. The Kier molecular flexibility index (Phi) is 5.25. The lowest BCUT2D eigenvalue weighted by atomic mass is 9.78. The Morgan fingerprint density at radius 1 is 1.11 bits per heavy atom. The van der Waals surface area contributed by atoms with Gasteiger partial charge in [-0.1, -0.05) is 18.2 Å². The summed E-state index contributed by atoms with van der Waals surface area (Å²) in [5, 5.41) is 4.24. The van der Waals surface area contributed by atoms with E-state index in [1.165, 1.54) is 6.07 Å². The van der Waals surface area contributed by atoms with Crippen LogP contribution in [0.4, 0.5) is 4.39 Å². The van der Waals surface area contributed by atoms with Gasteiger partial charge >= 0.3 is 0 Å². The number of halogens is 1. The van der Waals surface area contributed by atoms with E-state index < -0.39 is 0 Å². The summed E-state index contributed by atoms with van der Waals surface area (Å²) in [4.78, 5) is 17.5. The van der Waals surface area contributed by atoms with E-state index in [0.717, 1.165) is 58.4 Å². The molecule has 5 nitrogen and oxygen atoms in total. The van der Waals surface area contributed by atoms with E-state index in [1.54, 1.807) is 18.3 Å². The average Bonchev–Trinajstić information content (AvgIpc) is 3.32. The molecule has 0 bridgehead atoms. The zero-order valence-electron chi connectivity index (χ0n) is 15.7. The molecule has 1 aromatic heterocycles. The van der Waals surface area contributed by atoms with Gasteiger partial charge in [0.25, 0.3) is 0 Å². The van der Waals surface area contributed by atoms with Gasteiger partial charge in [-0.15, -0.1) is 0 Å². The summed E-state index contributed by atoms with van der Waals surface area (Å²) >= 11 is 0. The van der Waals surface area contributed by atoms with Crippen LogP contribution in [0.2, 0.25) is 0 Å². The first-order valence-electron chi connectivity index (χ1n) is 9.89. The SMILES string of the molecule is O=C1N(Cc2ccccc2F)CCC[C@]12CCN(CCCn1cccn1)C2. The summed E-state index contributed by atoms with van der Waals surface area (Å²) < 4.78 is 16.0. The predicted molar refractivity (Wildman–Crippen MR) is 101 cm³/mol. The molecule has 0 saturated carbocycles. The topological polar surface area (TPSA) is 41.4 Å². The maximum absolute atomic E-state index is 14.0. The molecule has 1 aromatic carbocycles. The first-order chi connectivity index (χ1) is 13.2. The van der Waals surface area contributed by atoms with Crippen molar-refractivity contribution in [2.45, 2.75) is 38.8 Å². The van der Waals surface area contributed by atoms with E-state index in [1.807, 2.05) is 27.9 Å². The molecule has 2 saturated heterocycles. The molecule has 1 amide bonds. The smallest absolute Gasteiger partial charge is 0.230 e. The van der Waals surface area contributed by atoms with Crippen LogP contribution in [-0.2, 0) is 17.9 Å². The summed E-state index contributed by atoms with van der Waals surface area (Å²) in [5.74, 6) is -0.0110. The van der Waals surface area contributed by atoms with Crippen LogP contribution in [0, 0.1) is 11.2 Å². The molecule has 4 rings (SSSR count). The van der Waals surface area contributed by atoms with Crippen molar-refractivity contribution in [2.24, 2.45) is 5.41 Å². The summed E-state index contributed by atoms with van der Waals surface area (Å²) in [7, 11) is 0. The molecule has 2 fully saturated rings. The van der Waals surface area contributed by atoms with Gasteiger partial charge in [-0.25, -0.2) is 4.39 Å². The number of carbonyl (C=O) groups excluding carboxylic acids is 1. The molecule has 2 aliphatic heterocycles. The summed E-state index contributed by atoms with van der Waals surface area (Å²) in [5.41, 5.74) is 0.340. The van der Waals surface area contributed by atoms with Gasteiger partial charge in [0, 0.05) is 44.1 Å². The lowest BCUT2D eigenvalue weighted by Gasteiger charge is -2.39. The van der Waals surface area contributed by atoms with Crippen LogP contribution >= 0.6 is 0 Å². The fraction of sp³-hybridized carbons (Fsp3) is 0.524. The van der Waals surface area contributed by atoms with Crippen LogP contribution in [0.25, 0.3) is 0 Å². The number of nitrogens with zero attached hydrogens (tertiary/aromatic N) is 4. The van der Waals surface area contributed by atoms with E-state index in [4.69, 9.17) is 0 Å². The largest absolute Gasteiger partial charge is 0.338 e. The van der Waals surface area contributed by atoms with Crippen molar-refractivity contribution in [3.8, 4) is 0 Å². The van der Waals surface area contributed by atoms with Gasteiger partial charge in [-0.05, 0) is 50.9 Å². The molecule has 0 aliphatic carbocycles. The molecule has 144 valence electrons. The minimum absolute atomic E-state index is 0.214. The Labute approximate surface area is 159 Å². The Balaban J connectivity index is 1.35. The number of piperidine rings is 1. The Hall–Kier alpha value is -2.21. The van der Waals surface area contributed by atoms with Gasteiger partial charge in [0.1, 0.15) is 5.82 Å². The number of likely N-dealkylation sites (tertiary alicyclic amines) is 2. The number of aromatic nitrogens is 2. The molecule has 1 atom stereocenters. The number of benzene rings is 1. The minimum Gasteiger partial charge on any atom is -0.338 e. The molecule has 0 radical (unpaired) electrons. The highest BCUT2D eigenvalue weighted by atomic mass is 19.1. The van der Waals surface area contributed by atoms with Gasteiger partial charge in [-0.2, -0.15) is 5.10 Å². The van der Waals surface area contributed by atoms with Crippen molar-refractivity contribution in [2.75, 3.05) is 26.2 Å². The average molecular weight is 370 g/mol. The lowest BCUT2D eigenvalue weighted by Crippen LogP contribution is -2.49. The number of amides is 1. The van der Waals surface area contributed by atoms with Crippen molar-refractivity contribution >= 4 is 5.91 Å². The number of rotatable bonds is 6. The van der Waals surface area contributed by atoms with Crippen LogP contribution in [0.15, 0.2) is 42.7 Å². The van der Waals surface area contributed by atoms with Crippen LogP contribution < -0.4 is 0 Å². The molecular formula is C21H27FN4O. The monoisotopic (exact) mass is 370 g/mol. The highest BCUT2D eigenvalue weighted by molar-refractivity contribution is 5.84. The summed E-state index contributed by atoms with van der Waals surface area (Å²) in [6.45, 7) is 4.81. The second-order valence-electron chi connectivity index (χ2n) is 7.85. The fourth-order valence-electron chi connectivity index (χ4n) is 4.55. The van der Waals surface area contributed by atoms with E-state index in [9.17, 15) is 9.18 Å². The second-order valence-corrected chi connectivity index (χ2v) is 7.85. The van der Waals surface area contributed by atoms with E-state index in [-0.39, 0.29) is 17.1 Å². The van der Waals surface area contributed by atoms with Crippen molar-refractivity contribution in [1.29, 1.82) is 0 Å². The highest BCUT2D eigenvalue weighted by Crippen LogP contribution is 2.40. The standard InChI is InChI=1S/C21H27FN4O/c22-19-7-2-1-6-18(19)16-25-12-3-8-21(20(25)27)9-15-24(17-21)11-5-14-26-13-4-10-23-26/h1-2,4,6-7,10,13H,3,5,8-9,11-12,14-17H2/t21-/m1/s1. The third kappa shape index (κ3) is 3.90. The molecule has 27 heavy (non-hydrogen) atoms. The number of hydrogen-bond donors (Lipinski definition) is 0. The fourth-order valence-corrected chi connectivity index (χ4v) is 4.55. The molecule has 6 heteroatoms. The molecular weight excluding hydrogens is 343 g/mol. The molecule has 1 spiro atoms. The minimum atomic E-state index is -0.269. The van der Waals surface area contributed by atoms with Crippen LogP contribution in [0.5, 0.6) is 0 Å². The van der Waals surface area contributed by atoms with Crippen LogP contribution in [-0.4, -0.2) is 51.7 Å². The molecule has 2 aromatic rings. The number of carbonyl (C=O) groups is 1. The maximum atomic E-state index is 14.0. The summed E-state index contributed by atoms with van der Waals surface area (Å²) in [6.07, 6.45) is 7.69.